The summed E-state index contributed by atoms with van der Waals surface area (Å²) in [5, 5.41) is 19.9. The van der Waals surface area contributed by atoms with Crippen LogP contribution >= 0.6 is 0 Å². The summed E-state index contributed by atoms with van der Waals surface area (Å²) in [6, 6.07) is 28.2. The van der Waals surface area contributed by atoms with Gasteiger partial charge in [-0.2, -0.15) is 0 Å². The number of amides is 1. The Kier molecular flexibility index (Phi) is 10.6. The zero-order valence-corrected chi connectivity index (χ0v) is 25.6. The highest BCUT2D eigenvalue weighted by Gasteiger charge is 2.54. The van der Waals surface area contributed by atoms with E-state index in [-0.39, 0.29) is 31.2 Å². The predicted molar refractivity (Wildman–Crippen MR) is 176 cm³/mol. The largest absolute Gasteiger partial charge is 0.496 e. The van der Waals surface area contributed by atoms with Crippen molar-refractivity contribution >= 4 is 23.2 Å². The minimum absolute atomic E-state index is 0.0193. The summed E-state index contributed by atoms with van der Waals surface area (Å²) >= 11 is 0. The third-order valence-electron chi connectivity index (χ3n) is 7.64. The van der Waals surface area contributed by atoms with Crippen LogP contribution in [0.15, 0.2) is 112 Å². The van der Waals surface area contributed by atoms with Gasteiger partial charge in [0.05, 0.1) is 13.7 Å². The lowest BCUT2D eigenvalue weighted by molar-refractivity contribution is -0.129. The van der Waals surface area contributed by atoms with Crippen LogP contribution in [-0.2, 0) is 22.5 Å². The van der Waals surface area contributed by atoms with Crippen LogP contribution in [0.1, 0.15) is 34.8 Å². The quantitative estimate of drug-likeness (QED) is 0.0645. The number of azide groups is 2. The van der Waals surface area contributed by atoms with E-state index in [2.05, 4.69) is 25.4 Å². The van der Waals surface area contributed by atoms with Crippen LogP contribution < -0.4 is 14.8 Å². The summed E-state index contributed by atoms with van der Waals surface area (Å²) in [6.45, 7) is 0.495. The van der Waals surface area contributed by atoms with Gasteiger partial charge in [0.25, 0.3) is 5.91 Å². The van der Waals surface area contributed by atoms with Crippen LogP contribution in [0.3, 0.4) is 0 Å². The average Bonchev–Trinajstić information content (AvgIpc) is 3.49. The highest BCUT2D eigenvalue weighted by Crippen LogP contribution is 2.46. The fourth-order valence-corrected chi connectivity index (χ4v) is 5.38. The van der Waals surface area contributed by atoms with Crippen molar-refractivity contribution in [3.63, 3.8) is 0 Å². The Morgan fingerprint density at radius 3 is 2.32 bits per heavy atom. The molecule has 238 valence electrons. The van der Waals surface area contributed by atoms with Crippen molar-refractivity contribution in [3.05, 3.63) is 140 Å². The molecule has 0 aliphatic carbocycles. The van der Waals surface area contributed by atoms with E-state index in [9.17, 15) is 15.9 Å². The standard InChI is InChI=1S/C34H32N8O5/c1-45-30-14-7-3-10-25(30)22-37-33(44)34(21-24-9-2-5-12-28(24)39-41-35)31(27-11-4-6-13-29(27)40-42-36)47-32(38-34)23-15-17-26(18-16-23)46-20-8-19-43/h2-7,9-18,31,43H,8,19-22H2,1H3,(H,37,44)/t31-,34-/m1/s1. The highest BCUT2D eigenvalue weighted by atomic mass is 16.5. The van der Waals surface area contributed by atoms with Crippen LogP contribution in [0.25, 0.3) is 20.9 Å². The van der Waals surface area contributed by atoms with E-state index in [0.717, 1.165) is 5.56 Å². The molecule has 0 spiro atoms. The van der Waals surface area contributed by atoms with E-state index in [0.29, 0.717) is 46.9 Å². The molecule has 2 N–H and O–H groups in total. The van der Waals surface area contributed by atoms with Gasteiger partial charge >= 0.3 is 0 Å². The van der Waals surface area contributed by atoms with Crippen molar-refractivity contribution in [2.45, 2.75) is 31.0 Å². The Balaban J connectivity index is 1.65. The minimum atomic E-state index is -1.66. The first-order chi connectivity index (χ1) is 23.0. The molecule has 1 aliphatic heterocycles. The number of carbonyl (C=O) groups is 1. The smallest absolute Gasteiger partial charge is 0.252 e. The number of aliphatic imine (C=N–C) groups is 1. The number of para-hydroxylation sites is 1. The topological polar surface area (TPSA) is 187 Å². The predicted octanol–water partition coefficient (Wildman–Crippen LogP) is 7.16. The number of benzene rings is 4. The number of aliphatic hydroxyl groups excluding tert-OH is 1. The van der Waals surface area contributed by atoms with Gasteiger partial charge in [-0.25, -0.2) is 4.99 Å². The van der Waals surface area contributed by atoms with Gasteiger partial charge < -0.3 is 24.6 Å². The SMILES string of the molecule is COc1ccccc1CNC(=O)[C@]1(Cc2ccccc2N=[N+]=[N-])N=C(c2ccc(OCCCO)cc2)O[C@@H]1c1ccccc1N=[N+]=[N-]. The molecule has 1 aliphatic rings. The summed E-state index contributed by atoms with van der Waals surface area (Å²) in [5.74, 6) is 0.907. The summed E-state index contributed by atoms with van der Waals surface area (Å²) in [6.07, 6.45) is -0.592. The lowest BCUT2D eigenvalue weighted by Crippen LogP contribution is -2.49. The first-order valence-corrected chi connectivity index (χ1v) is 14.8. The van der Waals surface area contributed by atoms with Gasteiger partial charge in [-0.1, -0.05) is 77.0 Å². The van der Waals surface area contributed by atoms with Gasteiger partial charge in [-0.15, -0.1) is 0 Å². The Hall–Kier alpha value is -6.00. The molecule has 1 heterocycles. The Morgan fingerprint density at radius 2 is 1.60 bits per heavy atom. The number of nitrogens with one attached hydrogen (secondary N) is 1. The van der Waals surface area contributed by atoms with Gasteiger partial charge in [-0.05, 0) is 47.0 Å². The van der Waals surface area contributed by atoms with Crippen LogP contribution in [0.2, 0.25) is 0 Å². The maximum absolute atomic E-state index is 14.7. The molecule has 0 aromatic heterocycles. The monoisotopic (exact) mass is 632 g/mol. The molecule has 5 rings (SSSR count). The fraction of sp³-hybridized carbons (Fsp3) is 0.235. The number of nitrogens with zero attached hydrogens (tertiary/aromatic N) is 7. The molecule has 0 fully saturated rings. The second-order valence-corrected chi connectivity index (χ2v) is 10.5. The summed E-state index contributed by atoms with van der Waals surface area (Å²) in [5.41, 5.74) is 19.9. The number of carbonyl (C=O) groups excluding carboxylic acids is 1. The Labute approximate surface area is 270 Å². The van der Waals surface area contributed by atoms with E-state index in [1.54, 1.807) is 86.0 Å². The minimum Gasteiger partial charge on any atom is -0.496 e. The zero-order chi connectivity index (χ0) is 33.1. The molecule has 0 radical (unpaired) electrons. The molecule has 0 saturated heterocycles. The maximum atomic E-state index is 14.7. The van der Waals surface area contributed by atoms with Crippen molar-refractivity contribution in [1.82, 2.24) is 5.32 Å². The molecular formula is C34H32N8O5. The van der Waals surface area contributed by atoms with Gasteiger partial charge in [0.1, 0.15) is 11.5 Å². The molecule has 0 unspecified atom stereocenters. The molecular weight excluding hydrogens is 600 g/mol. The van der Waals surface area contributed by atoms with Crippen molar-refractivity contribution in [1.29, 1.82) is 0 Å². The molecule has 1 amide bonds. The maximum Gasteiger partial charge on any atom is 0.252 e. The first kappa shape index (κ1) is 32.4. The number of methoxy groups -OCH3 is 1. The van der Waals surface area contributed by atoms with E-state index >= 15 is 0 Å². The van der Waals surface area contributed by atoms with Crippen LogP contribution in [-0.4, -0.2) is 42.8 Å². The van der Waals surface area contributed by atoms with E-state index in [4.69, 9.17) is 24.3 Å². The molecule has 4 aromatic rings. The fourth-order valence-electron chi connectivity index (χ4n) is 5.38. The number of ether oxygens (including phenoxy) is 3. The lowest BCUT2D eigenvalue weighted by atomic mass is 9.81. The van der Waals surface area contributed by atoms with Crippen LogP contribution in [0.4, 0.5) is 11.4 Å². The van der Waals surface area contributed by atoms with E-state index in [1.165, 1.54) is 0 Å². The number of hydrogen-bond donors (Lipinski definition) is 2. The number of aliphatic hydroxyl groups is 1. The van der Waals surface area contributed by atoms with Crippen molar-refractivity contribution in [2.75, 3.05) is 20.3 Å². The molecule has 2 atom stereocenters. The third-order valence-corrected chi connectivity index (χ3v) is 7.64. The van der Waals surface area contributed by atoms with Gasteiger partial charge in [0.15, 0.2) is 11.6 Å². The summed E-state index contributed by atoms with van der Waals surface area (Å²) in [7, 11) is 1.56. The molecule has 13 heteroatoms. The highest BCUT2D eigenvalue weighted by molar-refractivity contribution is 6.01. The molecule has 47 heavy (non-hydrogen) atoms. The van der Waals surface area contributed by atoms with Crippen molar-refractivity contribution in [3.8, 4) is 11.5 Å². The van der Waals surface area contributed by atoms with E-state index in [1.807, 2.05) is 18.2 Å². The normalized spacial score (nSPS) is 16.6. The third kappa shape index (κ3) is 7.29. The van der Waals surface area contributed by atoms with Gasteiger partial charge in [-0.3, -0.25) is 4.79 Å². The molecule has 4 aromatic carbocycles. The number of rotatable bonds is 14. The molecule has 0 saturated carbocycles. The van der Waals surface area contributed by atoms with E-state index < -0.39 is 17.6 Å². The van der Waals surface area contributed by atoms with Crippen LogP contribution in [0.5, 0.6) is 11.5 Å². The second-order valence-electron chi connectivity index (χ2n) is 10.5. The summed E-state index contributed by atoms with van der Waals surface area (Å²) in [4.78, 5) is 25.6. The van der Waals surface area contributed by atoms with Crippen LogP contribution in [0, 0.1) is 0 Å². The Bertz CT molecular complexity index is 1850. The van der Waals surface area contributed by atoms with Crippen molar-refractivity contribution in [2.24, 2.45) is 15.2 Å². The van der Waals surface area contributed by atoms with Gasteiger partial charge in [0.2, 0.25) is 5.90 Å². The second kappa shape index (κ2) is 15.3. The zero-order valence-electron chi connectivity index (χ0n) is 25.6. The lowest BCUT2D eigenvalue weighted by Gasteiger charge is -2.32. The average molecular weight is 633 g/mol. The van der Waals surface area contributed by atoms with Gasteiger partial charge in [0, 0.05) is 63.9 Å². The molecule has 0 bridgehead atoms. The summed E-state index contributed by atoms with van der Waals surface area (Å²) < 4.78 is 17.7. The Morgan fingerprint density at radius 1 is 0.936 bits per heavy atom. The van der Waals surface area contributed by atoms with Crippen molar-refractivity contribution < 1.29 is 24.1 Å². The molecule has 13 nitrogen and oxygen atoms in total. The number of hydrogen-bond acceptors (Lipinski definition) is 8. The first-order valence-electron chi connectivity index (χ1n) is 14.8.